The molecule has 0 saturated carbocycles. The molecular formula is C23H23N3O4. The van der Waals surface area contributed by atoms with E-state index in [-0.39, 0.29) is 11.5 Å². The molecule has 1 aromatic heterocycles. The summed E-state index contributed by atoms with van der Waals surface area (Å²) in [5.74, 6) is 0.902. The van der Waals surface area contributed by atoms with Crippen LogP contribution in [0.3, 0.4) is 0 Å². The van der Waals surface area contributed by atoms with Crippen molar-refractivity contribution in [3.8, 4) is 11.5 Å². The summed E-state index contributed by atoms with van der Waals surface area (Å²) in [5.41, 5.74) is 1.43. The molecule has 2 heterocycles. The second kappa shape index (κ2) is 8.41. The molecular weight excluding hydrogens is 382 g/mol. The predicted octanol–water partition coefficient (Wildman–Crippen LogP) is 2.68. The number of benzene rings is 2. The van der Waals surface area contributed by atoms with Crippen LogP contribution < -0.4 is 21.3 Å². The van der Waals surface area contributed by atoms with E-state index in [4.69, 9.17) is 4.74 Å². The molecule has 1 amide bonds. The van der Waals surface area contributed by atoms with Crippen LogP contribution in [0.1, 0.15) is 35.4 Å². The topological polar surface area (TPSA) is 93.2 Å². The van der Waals surface area contributed by atoms with Gasteiger partial charge in [0.2, 0.25) is 5.91 Å². The predicted molar refractivity (Wildman–Crippen MR) is 113 cm³/mol. The Morgan fingerprint density at radius 2 is 1.67 bits per heavy atom. The fourth-order valence-corrected chi connectivity index (χ4v) is 3.70. The van der Waals surface area contributed by atoms with Crippen molar-refractivity contribution < 1.29 is 9.53 Å². The van der Waals surface area contributed by atoms with Gasteiger partial charge in [-0.15, -0.1) is 0 Å². The maximum absolute atomic E-state index is 13.0. The number of carbonyl (C=O) groups is 1. The minimum atomic E-state index is -0.421. The second-order valence-corrected chi connectivity index (χ2v) is 7.37. The minimum absolute atomic E-state index is 0.0738. The summed E-state index contributed by atoms with van der Waals surface area (Å²) in [6.07, 6.45) is 2.98. The zero-order chi connectivity index (χ0) is 21.1. The Morgan fingerprint density at radius 3 is 2.33 bits per heavy atom. The summed E-state index contributed by atoms with van der Waals surface area (Å²) in [4.78, 5) is 38.6. The first-order chi connectivity index (χ1) is 14.5. The van der Waals surface area contributed by atoms with Crippen molar-refractivity contribution in [2.75, 3.05) is 6.54 Å². The van der Waals surface area contributed by atoms with Crippen LogP contribution in [0.25, 0.3) is 0 Å². The molecule has 7 heteroatoms. The van der Waals surface area contributed by atoms with Crippen molar-refractivity contribution in [2.45, 2.75) is 32.2 Å². The van der Waals surface area contributed by atoms with E-state index in [1.165, 1.54) is 4.57 Å². The summed E-state index contributed by atoms with van der Waals surface area (Å²) in [6, 6.07) is 15.2. The van der Waals surface area contributed by atoms with Gasteiger partial charge >= 0.3 is 5.69 Å². The standard InChI is InChI=1S/C23H23N3O4/c1-15-14-26(23(29)25-21(15)27)13-7-6-12-24-22(28)20-16-8-2-4-10-18(16)30-19-11-5-3-9-17(19)20/h2-5,8-11,14,20H,6-7,12-13H2,1H3,(H,24,28)(H,25,27,29). The van der Waals surface area contributed by atoms with Gasteiger partial charge in [-0.25, -0.2) is 4.79 Å². The van der Waals surface area contributed by atoms with Gasteiger partial charge < -0.3 is 14.6 Å². The summed E-state index contributed by atoms with van der Waals surface area (Å²) >= 11 is 0. The van der Waals surface area contributed by atoms with E-state index in [0.29, 0.717) is 43.0 Å². The Morgan fingerprint density at radius 1 is 1.03 bits per heavy atom. The maximum Gasteiger partial charge on any atom is 0.328 e. The molecule has 0 radical (unpaired) electrons. The zero-order valence-corrected chi connectivity index (χ0v) is 16.7. The quantitative estimate of drug-likeness (QED) is 0.617. The Kier molecular flexibility index (Phi) is 5.52. The third-order valence-electron chi connectivity index (χ3n) is 5.26. The fourth-order valence-electron chi connectivity index (χ4n) is 3.70. The number of rotatable bonds is 6. The molecule has 0 spiro atoms. The largest absolute Gasteiger partial charge is 0.457 e. The van der Waals surface area contributed by atoms with Crippen LogP contribution in [-0.4, -0.2) is 22.0 Å². The van der Waals surface area contributed by atoms with Crippen LogP contribution in [-0.2, 0) is 11.3 Å². The van der Waals surface area contributed by atoms with Gasteiger partial charge in [0.15, 0.2) is 0 Å². The molecule has 1 aliphatic heterocycles. The van der Waals surface area contributed by atoms with Gasteiger partial charge in [-0.2, -0.15) is 0 Å². The fraction of sp³-hybridized carbons (Fsp3) is 0.261. The molecule has 4 rings (SSSR count). The van der Waals surface area contributed by atoms with E-state index in [2.05, 4.69) is 10.3 Å². The molecule has 0 saturated heterocycles. The van der Waals surface area contributed by atoms with Gasteiger partial charge in [-0.05, 0) is 31.9 Å². The molecule has 0 atom stereocenters. The average molecular weight is 405 g/mol. The molecule has 3 aromatic rings. The number of nitrogens with zero attached hydrogens (tertiary/aromatic N) is 1. The summed E-state index contributed by atoms with van der Waals surface area (Å²) in [7, 11) is 0. The van der Waals surface area contributed by atoms with Crippen molar-refractivity contribution in [3.63, 3.8) is 0 Å². The van der Waals surface area contributed by atoms with Gasteiger partial charge in [0.05, 0.1) is 5.92 Å². The van der Waals surface area contributed by atoms with Crippen molar-refractivity contribution in [2.24, 2.45) is 0 Å². The summed E-state index contributed by atoms with van der Waals surface area (Å²) in [6.45, 7) is 2.64. The van der Waals surface area contributed by atoms with Crippen LogP contribution in [0.5, 0.6) is 11.5 Å². The van der Waals surface area contributed by atoms with Gasteiger partial charge in [0, 0.05) is 36.0 Å². The van der Waals surface area contributed by atoms with Gasteiger partial charge in [-0.3, -0.25) is 14.6 Å². The lowest BCUT2D eigenvalue weighted by Crippen LogP contribution is -2.33. The van der Waals surface area contributed by atoms with E-state index in [0.717, 1.165) is 11.1 Å². The number of nitrogens with one attached hydrogen (secondary N) is 2. The molecule has 2 aromatic carbocycles. The molecule has 0 bridgehead atoms. The third-order valence-corrected chi connectivity index (χ3v) is 5.26. The number of ether oxygens (including phenoxy) is 1. The highest BCUT2D eigenvalue weighted by atomic mass is 16.5. The van der Waals surface area contributed by atoms with E-state index < -0.39 is 11.6 Å². The number of aromatic nitrogens is 2. The van der Waals surface area contributed by atoms with Crippen molar-refractivity contribution in [1.29, 1.82) is 0 Å². The lowest BCUT2D eigenvalue weighted by molar-refractivity contribution is -0.121. The minimum Gasteiger partial charge on any atom is -0.457 e. The second-order valence-electron chi connectivity index (χ2n) is 7.37. The normalized spacial score (nSPS) is 12.6. The molecule has 154 valence electrons. The number of hydrogen-bond donors (Lipinski definition) is 2. The SMILES string of the molecule is Cc1cn(CCCCNC(=O)C2c3ccccc3Oc3ccccc32)c(=O)[nH]c1=O. The Balaban J connectivity index is 1.39. The summed E-state index contributed by atoms with van der Waals surface area (Å²) in [5, 5.41) is 3.02. The number of H-pyrrole nitrogens is 1. The van der Waals surface area contributed by atoms with Crippen LogP contribution in [0, 0.1) is 6.92 Å². The molecule has 2 N–H and O–H groups in total. The highest BCUT2D eigenvalue weighted by Gasteiger charge is 2.31. The zero-order valence-electron chi connectivity index (χ0n) is 16.7. The van der Waals surface area contributed by atoms with Gasteiger partial charge in [-0.1, -0.05) is 36.4 Å². The summed E-state index contributed by atoms with van der Waals surface area (Å²) < 4.78 is 7.43. The van der Waals surface area contributed by atoms with Crippen LogP contribution in [0.15, 0.2) is 64.3 Å². The number of aryl methyl sites for hydroxylation is 2. The molecule has 0 fully saturated rings. The number of carbonyl (C=O) groups excluding carboxylic acids is 1. The van der Waals surface area contributed by atoms with Gasteiger partial charge in [0.1, 0.15) is 11.5 Å². The molecule has 30 heavy (non-hydrogen) atoms. The van der Waals surface area contributed by atoms with E-state index in [1.54, 1.807) is 13.1 Å². The first-order valence-corrected chi connectivity index (χ1v) is 9.98. The van der Waals surface area contributed by atoms with Crippen molar-refractivity contribution in [3.05, 3.63) is 92.3 Å². The molecule has 0 aliphatic carbocycles. The highest BCUT2D eigenvalue weighted by molar-refractivity contribution is 5.89. The van der Waals surface area contributed by atoms with E-state index in [1.807, 2.05) is 48.5 Å². The Bertz CT molecular complexity index is 1150. The first-order valence-electron chi connectivity index (χ1n) is 9.98. The van der Waals surface area contributed by atoms with Gasteiger partial charge in [0.25, 0.3) is 5.56 Å². The molecule has 0 unspecified atom stereocenters. The number of para-hydroxylation sites is 2. The Hall–Kier alpha value is -3.61. The first kappa shape index (κ1) is 19.7. The van der Waals surface area contributed by atoms with E-state index >= 15 is 0 Å². The van der Waals surface area contributed by atoms with Crippen molar-refractivity contribution >= 4 is 5.91 Å². The highest BCUT2D eigenvalue weighted by Crippen LogP contribution is 2.43. The van der Waals surface area contributed by atoms with E-state index in [9.17, 15) is 14.4 Å². The number of hydrogen-bond acceptors (Lipinski definition) is 4. The average Bonchev–Trinajstić information content (AvgIpc) is 2.75. The number of aromatic amines is 1. The molecule has 1 aliphatic rings. The maximum atomic E-state index is 13.0. The lowest BCUT2D eigenvalue weighted by atomic mass is 9.87. The van der Waals surface area contributed by atoms with Crippen molar-refractivity contribution in [1.82, 2.24) is 14.9 Å². The smallest absolute Gasteiger partial charge is 0.328 e. The van der Waals surface area contributed by atoms with Crippen LogP contribution in [0.4, 0.5) is 0 Å². The number of amides is 1. The Labute approximate surface area is 173 Å². The monoisotopic (exact) mass is 405 g/mol. The van der Waals surface area contributed by atoms with Crippen LogP contribution in [0.2, 0.25) is 0 Å². The molecule has 7 nitrogen and oxygen atoms in total. The number of unbranched alkanes of at least 4 members (excludes halogenated alkanes) is 1. The third kappa shape index (κ3) is 3.91. The lowest BCUT2D eigenvalue weighted by Gasteiger charge is -2.27. The van der Waals surface area contributed by atoms with Crippen LogP contribution >= 0.6 is 0 Å². The number of fused-ring (bicyclic) bond motifs is 2.